The number of unbranched alkanes of at least 4 members (excludes halogenated alkanes) is 2. The molecule has 2 aliphatic rings. The Morgan fingerprint density at radius 1 is 0.750 bits per heavy atom. The number of allylic oxidation sites excluding steroid dienone is 4. The van der Waals surface area contributed by atoms with Crippen LogP contribution in [0.4, 0.5) is 11.4 Å². The number of nitrogens with zero attached hydrogens (tertiary/aromatic N) is 4. The van der Waals surface area contributed by atoms with Gasteiger partial charge in [0.05, 0.1) is 58.0 Å². The molecule has 0 radical (unpaired) electrons. The fourth-order valence-corrected chi connectivity index (χ4v) is 12.7. The lowest BCUT2D eigenvalue weighted by Crippen LogP contribution is -2.45. The fraction of sp³-hybridized carbons (Fsp3) is 0.422. The zero-order valence-electron chi connectivity index (χ0n) is 46.8. The number of nitrogens with one attached hydrogen (secondary N) is 1. The Bertz CT molecular complexity index is 2780. The summed E-state index contributed by atoms with van der Waals surface area (Å²) in [5.74, 6) is 1.37. The van der Waals surface area contributed by atoms with Crippen molar-refractivity contribution in [2.45, 2.75) is 129 Å². The highest BCUT2D eigenvalue weighted by Crippen LogP contribution is 2.49. The van der Waals surface area contributed by atoms with Crippen molar-refractivity contribution in [3.8, 4) is 17.6 Å². The first-order valence-corrected chi connectivity index (χ1v) is 28.2. The van der Waals surface area contributed by atoms with Crippen LogP contribution in [0.25, 0.3) is 0 Å². The lowest BCUT2D eigenvalue weighted by molar-refractivity contribution is -0.438. The number of methoxy groups -OCH3 is 2. The van der Waals surface area contributed by atoms with Crippen LogP contribution in [0.15, 0.2) is 151 Å². The molecule has 76 heavy (non-hydrogen) atoms. The molecule has 0 saturated heterocycles. The van der Waals surface area contributed by atoms with Gasteiger partial charge in [-0.1, -0.05) is 111 Å². The highest BCUT2D eigenvalue weighted by molar-refractivity contribution is 7.44. The molecule has 1 amide bonds. The third-order valence-electron chi connectivity index (χ3n) is 14.8. The van der Waals surface area contributed by atoms with Crippen LogP contribution in [0.3, 0.4) is 0 Å². The maximum absolute atomic E-state index is 14.3. The molecular weight excluding hydrogens is 966 g/mol. The van der Waals surface area contributed by atoms with E-state index in [1.165, 1.54) is 33.9 Å². The zero-order valence-corrected chi connectivity index (χ0v) is 47.7. The minimum absolute atomic E-state index is 0.0790. The molecule has 402 valence electrons. The second-order valence-corrected chi connectivity index (χ2v) is 22.7. The quantitative estimate of drug-likeness (QED) is 0.0238. The molecule has 0 spiro atoms. The maximum atomic E-state index is 14.3. The highest BCUT2D eigenvalue weighted by Gasteiger charge is 2.45. The van der Waals surface area contributed by atoms with Gasteiger partial charge in [-0.25, -0.2) is 4.67 Å². The van der Waals surface area contributed by atoms with Crippen LogP contribution in [-0.4, -0.2) is 86.1 Å². The fourth-order valence-electron chi connectivity index (χ4n) is 11.0. The molecule has 2 atom stereocenters. The van der Waals surface area contributed by atoms with Crippen molar-refractivity contribution in [2.24, 2.45) is 0 Å². The second-order valence-electron chi connectivity index (χ2n) is 21.2. The van der Waals surface area contributed by atoms with Gasteiger partial charge in [0.1, 0.15) is 23.6 Å². The number of anilines is 1. The molecule has 7 rings (SSSR count). The number of ether oxygens (including phenoxy) is 3. The van der Waals surface area contributed by atoms with Crippen LogP contribution in [-0.2, 0) is 35.0 Å². The molecule has 11 nitrogen and oxygen atoms in total. The van der Waals surface area contributed by atoms with Crippen molar-refractivity contribution >= 4 is 31.5 Å². The van der Waals surface area contributed by atoms with Crippen LogP contribution in [0.1, 0.15) is 122 Å². The number of carbonyl (C=O) groups excluding carboxylic acids is 1. The van der Waals surface area contributed by atoms with Gasteiger partial charge in [0.15, 0.2) is 5.71 Å². The molecule has 5 aromatic rings. The minimum atomic E-state index is -1.60. The number of carbonyl (C=O) groups is 1. The van der Waals surface area contributed by atoms with Crippen LogP contribution in [0.2, 0.25) is 0 Å². The number of para-hydroxylation sites is 2. The summed E-state index contributed by atoms with van der Waals surface area (Å²) in [5.41, 5.74) is 9.03. The van der Waals surface area contributed by atoms with Crippen LogP contribution < -0.4 is 19.7 Å². The van der Waals surface area contributed by atoms with Gasteiger partial charge in [0.25, 0.3) is 8.53 Å². The van der Waals surface area contributed by atoms with E-state index in [0.29, 0.717) is 12.8 Å². The lowest BCUT2D eigenvalue weighted by Gasteiger charge is -2.38. The Kier molecular flexibility index (Phi) is 19.9. The number of rotatable bonds is 27. The van der Waals surface area contributed by atoms with E-state index in [9.17, 15) is 10.1 Å². The molecule has 1 N–H and O–H groups in total. The van der Waals surface area contributed by atoms with Crippen molar-refractivity contribution in [1.82, 2.24) is 9.99 Å². The molecule has 2 unspecified atom stereocenters. The molecular formula is C64H81N5O6P+. The Balaban J connectivity index is 1.12. The van der Waals surface area contributed by atoms with Crippen molar-refractivity contribution < 1.29 is 32.6 Å². The largest absolute Gasteiger partial charge is 0.497 e. The average Bonchev–Trinajstić information content (AvgIpc) is 3.78. The Hall–Kier alpha value is -6.12. The number of nitriles is 1. The predicted octanol–water partition coefficient (Wildman–Crippen LogP) is 13.7. The number of likely N-dealkylation sites (N-methyl/N-ethyl adjacent to an activating group) is 1. The molecule has 5 aromatic carbocycles. The van der Waals surface area contributed by atoms with E-state index >= 15 is 0 Å². The predicted molar refractivity (Wildman–Crippen MR) is 309 cm³/mol. The smallest absolute Gasteiger partial charge is 0.259 e. The van der Waals surface area contributed by atoms with Crippen molar-refractivity contribution in [3.63, 3.8) is 0 Å². The van der Waals surface area contributed by atoms with Crippen LogP contribution in [0, 0.1) is 11.3 Å². The van der Waals surface area contributed by atoms with Gasteiger partial charge in [-0.15, -0.1) is 0 Å². The standard InChI is InChI=1S/C64H80N5O6P/c1-12-67-57-29-20-18-27-55(57)62(6,7)59(67)31-23-32-60-63(8,9)56-28-19-21-30-58(56)68(60)43-22-14-17-33-61(70)66-52(46-75-76(74-44-24-42-65)69(47(2)3)48(4)5)45-73-64(49-25-15-13-16-26-49,50-34-38-53(71-10)39-35-50)51-36-40-54(72-11)41-37-51/h13,15-16,18-21,23,25-32,34-41,47-48,52H,12,14,17,22,24,33,43-46H2,1-11H3/p+1. The Morgan fingerprint density at radius 2 is 1.34 bits per heavy atom. The summed E-state index contributed by atoms with van der Waals surface area (Å²) in [6.45, 7) is 22.1. The first-order valence-electron chi connectivity index (χ1n) is 27.1. The molecule has 0 aliphatic carbocycles. The van der Waals surface area contributed by atoms with E-state index in [0.717, 1.165) is 54.1 Å². The number of amides is 1. The summed E-state index contributed by atoms with van der Waals surface area (Å²) >= 11 is 0. The van der Waals surface area contributed by atoms with E-state index in [-0.39, 0.29) is 55.1 Å². The van der Waals surface area contributed by atoms with Gasteiger partial charge in [0, 0.05) is 66.0 Å². The summed E-state index contributed by atoms with van der Waals surface area (Å²) in [6, 6.07) is 45.4. The van der Waals surface area contributed by atoms with Crippen LogP contribution >= 0.6 is 8.53 Å². The van der Waals surface area contributed by atoms with E-state index < -0.39 is 20.2 Å². The van der Waals surface area contributed by atoms with E-state index in [1.54, 1.807) is 14.2 Å². The number of benzene rings is 5. The van der Waals surface area contributed by atoms with E-state index in [2.05, 4.69) is 167 Å². The number of hydrogen-bond acceptors (Lipinski definition) is 9. The molecule has 12 heteroatoms. The Morgan fingerprint density at radius 3 is 1.95 bits per heavy atom. The first-order chi connectivity index (χ1) is 36.6. The van der Waals surface area contributed by atoms with Gasteiger partial charge in [-0.3, -0.25) is 4.79 Å². The molecule has 0 aromatic heterocycles. The summed E-state index contributed by atoms with van der Waals surface area (Å²) in [4.78, 5) is 16.7. The van der Waals surface area contributed by atoms with Crippen molar-refractivity contribution in [3.05, 3.63) is 179 Å². The SMILES string of the molecule is CCN1/C(=C/C=C/C2=[N+](CCCCCC(=O)NC(COP(OCCC#N)N(C(C)C)C(C)C)COC(c3ccccc3)(c3ccc(OC)cc3)c3ccc(OC)cc3)c3ccccc3C2(C)C)C(C)(C)c2ccccc21. The summed E-state index contributed by atoms with van der Waals surface area (Å²) in [7, 11) is 1.71. The summed E-state index contributed by atoms with van der Waals surface area (Å²) in [6.07, 6.45) is 9.94. The average molecular weight is 1050 g/mol. The minimum Gasteiger partial charge on any atom is -0.497 e. The van der Waals surface area contributed by atoms with Gasteiger partial charge in [-0.05, 0) is 120 Å². The molecule has 0 bridgehead atoms. The maximum Gasteiger partial charge on any atom is 0.259 e. The third kappa shape index (κ3) is 12.8. The van der Waals surface area contributed by atoms with E-state index in [1.807, 2.05) is 66.7 Å². The normalized spacial score (nSPS) is 16.1. The zero-order chi connectivity index (χ0) is 54.5. The highest BCUT2D eigenvalue weighted by atomic mass is 31.2. The van der Waals surface area contributed by atoms with Gasteiger partial charge < -0.3 is 33.5 Å². The monoisotopic (exact) mass is 1050 g/mol. The number of fused-ring (bicyclic) bond motifs is 2. The molecule has 2 aliphatic heterocycles. The summed E-state index contributed by atoms with van der Waals surface area (Å²) < 4.78 is 36.3. The topological polar surface area (TPSA) is 109 Å². The molecule has 2 heterocycles. The van der Waals surface area contributed by atoms with Gasteiger partial charge in [0.2, 0.25) is 11.6 Å². The van der Waals surface area contributed by atoms with E-state index in [4.69, 9.17) is 23.3 Å². The number of hydrogen-bond donors (Lipinski definition) is 1. The van der Waals surface area contributed by atoms with Gasteiger partial charge >= 0.3 is 0 Å². The van der Waals surface area contributed by atoms with Crippen LogP contribution in [0.5, 0.6) is 11.5 Å². The van der Waals surface area contributed by atoms with Gasteiger partial charge in [-0.2, -0.15) is 9.84 Å². The molecule has 0 fully saturated rings. The summed E-state index contributed by atoms with van der Waals surface area (Å²) in [5, 5.41) is 12.8. The first kappa shape index (κ1) is 57.6. The van der Waals surface area contributed by atoms with Crippen molar-refractivity contribution in [2.75, 3.05) is 52.0 Å². The second kappa shape index (κ2) is 26.3. The Labute approximate surface area is 455 Å². The molecule has 0 saturated carbocycles. The lowest BCUT2D eigenvalue weighted by atomic mass is 9.80. The van der Waals surface area contributed by atoms with Crippen molar-refractivity contribution in [1.29, 1.82) is 5.26 Å². The third-order valence-corrected chi connectivity index (χ3v) is 16.9.